The number of nitro benzene ring substituents is 1. The van der Waals surface area contributed by atoms with Crippen LogP contribution in [0.1, 0.15) is 22.3 Å². The van der Waals surface area contributed by atoms with Crippen molar-refractivity contribution in [2.24, 2.45) is 0 Å². The average Bonchev–Trinajstić information content (AvgIpc) is 3.52. The molecular formula is C47H30N4O2. The van der Waals surface area contributed by atoms with Crippen LogP contribution < -0.4 is 4.90 Å². The molecule has 8 aromatic rings. The number of para-hydroxylation sites is 3. The van der Waals surface area contributed by atoms with Crippen molar-refractivity contribution >= 4 is 23.0 Å². The van der Waals surface area contributed by atoms with Gasteiger partial charge in [0.15, 0.2) is 0 Å². The van der Waals surface area contributed by atoms with Crippen LogP contribution in [-0.4, -0.2) is 14.9 Å². The molecule has 6 nitrogen and oxygen atoms in total. The maximum absolute atomic E-state index is 12.4. The van der Waals surface area contributed by atoms with Crippen LogP contribution in [0.4, 0.5) is 23.0 Å². The fraction of sp³-hybridized carbons (Fsp3) is 0.0213. The summed E-state index contributed by atoms with van der Waals surface area (Å²) in [5.74, 6) is 0.570. The van der Waals surface area contributed by atoms with Gasteiger partial charge in [0.05, 0.1) is 38.7 Å². The molecule has 0 amide bonds. The number of hydrogen-bond acceptors (Lipinski definition) is 5. The van der Waals surface area contributed by atoms with Gasteiger partial charge in [-0.3, -0.25) is 15.0 Å². The summed E-state index contributed by atoms with van der Waals surface area (Å²) in [5.41, 5.74) is 12.8. The predicted molar refractivity (Wildman–Crippen MR) is 211 cm³/mol. The van der Waals surface area contributed by atoms with E-state index in [0.29, 0.717) is 11.5 Å². The second kappa shape index (κ2) is 12.0. The number of rotatable bonds is 5. The molecule has 2 heterocycles. The Bertz CT molecular complexity index is 2620. The van der Waals surface area contributed by atoms with E-state index in [4.69, 9.17) is 9.97 Å². The van der Waals surface area contributed by atoms with Gasteiger partial charge in [-0.2, -0.15) is 0 Å². The molecule has 0 unspecified atom stereocenters. The minimum Gasteiger partial charge on any atom is -0.278 e. The highest BCUT2D eigenvalue weighted by Gasteiger charge is 2.52. The van der Waals surface area contributed by atoms with E-state index in [9.17, 15) is 10.1 Å². The third kappa shape index (κ3) is 4.52. The second-order valence-electron chi connectivity index (χ2n) is 13.3. The fourth-order valence-corrected chi connectivity index (χ4v) is 8.50. The number of fused-ring (bicyclic) bond motifs is 9. The van der Waals surface area contributed by atoms with Gasteiger partial charge in [0.2, 0.25) is 5.95 Å². The molecule has 0 radical (unpaired) electrons. The Morgan fingerprint density at radius 3 is 1.55 bits per heavy atom. The second-order valence-corrected chi connectivity index (χ2v) is 13.3. The Hall–Kier alpha value is -7.18. The quantitative estimate of drug-likeness (QED) is 0.133. The lowest BCUT2D eigenvalue weighted by Crippen LogP contribution is -2.36. The topological polar surface area (TPSA) is 72.2 Å². The van der Waals surface area contributed by atoms with Crippen molar-refractivity contribution in [1.82, 2.24) is 9.97 Å². The summed E-state index contributed by atoms with van der Waals surface area (Å²) in [4.78, 5) is 24.8. The molecular weight excluding hydrogens is 653 g/mol. The summed E-state index contributed by atoms with van der Waals surface area (Å²) in [6.07, 6.45) is 0. The number of aromatic nitrogens is 2. The zero-order valence-corrected chi connectivity index (χ0v) is 28.4. The van der Waals surface area contributed by atoms with Crippen molar-refractivity contribution in [2.75, 3.05) is 4.90 Å². The molecule has 0 N–H and O–H groups in total. The molecule has 1 spiro atoms. The van der Waals surface area contributed by atoms with Gasteiger partial charge in [0, 0.05) is 17.2 Å². The van der Waals surface area contributed by atoms with Crippen molar-refractivity contribution in [1.29, 1.82) is 0 Å². The van der Waals surface area contributed by atoms with E-state index in [0.717, 1.165) is 72.8 Å². The number of anilines is 3. The van der Waals surface area contributed by atoms with E-state index >= 15 is 0 Å². The lowest BCUT2D eigenvalue weighted by atomic mass is 9.64. The van der Waals surface area contributed by atoms with Crippen LogP contribution in [0.2, 0.25) is 0 Å². The van der Waals surface area contributed by atoms with Crippen LogP contribution >= 0.6 is 0 Å². The summed E-state index contributed by atoms with van der Waals surface area (Å²) in [5, 5.41) is 12.4. The highest BCUT2D eigenvalue weighted by atomic mass is 16.6. The van der Waals surface area contributed by atoms with Crippen LogP contribution in [0.15, 0.2) is 182 Å². The summed E-state index contributed by atoms with van der Waals surface area (Å²) < 4.78 is 0. The Morgan fingerprint density at radius 1 is 0.472 bits per heavy atom. The van der Waals surface area contributed by atoms with Crippen molar-refractivity contribution in [2.45, 2.75) is 5.41 Å². The SMILES string of the molecule is O=[N+]([O-])c1ccccc1-c1cccc2c1-c1ccccc1C21c2ccccc2N(c2nc(-c3ccccc3)cc(-c3ccccc3)n2)c2ccccc21. The third-order valence-corrected chi connectivity index (χ3v) is 10.6. The molecule has 1 aromatic heterocycles. The summed E-state index contributed by atoms with van der Waals surface area (Å²) in [7, 11) is 0. The Labute approximate surface area is 306 Å². The van der Waals surface area contributed by atoms with E-state index < -0.39 is 5.41 Å². The standard InChI is InChI=1S/C47H30N4O2/c52-51(53)42-27-12-8-20-33(42)34-22-15-26-39-45(34)35-21-7-9-23-36(35)47(39)37-24-10-13-28-43(37)50(44-29-14-11-25-38(44)47)46-48-40(31-16-3-1-4-17-31)30-41(49-46)32-18-5-2-6-19-32/h1-30H. The maximum Gasteiger partial charge on any atom is 0.277 e. The molecule has 53 heavy (non-hydrogen) atoms. The van der Waals surface area contributed by atoms with Crippen molar-refractivity contribution in [3.8, 4) is 44.8 Å². The lowest BCUT2D eigenvalue weighted by Gasteiger charge is -2.44. The van der Waals surface area contributed by atoms with Crippen LogP contribution in [0.25, 0.3) is 44.8 Å². The summed E-state index contributed by atoms with van der Waals surface area (Å²) in [6, 6.07) is 61.3. The van der Waals surface area contributed by atoms with Crippen LogP contribution in [0.5, 0.6) is 0 Å². The monoisotopic (exact) mass is 682 g/mol. The molecule has 0 bridgehead atoms. The Balaban J connectivity index is 1.28. The van der Waals surface area contributed by atoms with Gasteiger partial charge >= 0.3 is 0 Å². The molecule has 7 aromatic carbocycles. The van der Waals surface area contributed by atoms with Gasteiger partial charge in [-0.1, -0.05) is 152 Å². The largest absolute Gasteiger partial charge is 0.278 e. The molecule has 6 heteroatoms. The van der Waals surface area contributed by atoms with Crippen LogP contribution in [0.3, 0.4) is 0 Å². The first kappa shape index (κ1) is 30.6. The number of nitrogens with zero attached hydrogens (tertiary/aromatic N) is 4. The normalized spacial score (nSPS) is 13.2. The van der Waals surface area contributed by atoms with Gasteiger partial charge in [-0.05, 0) is 63.2 Å². The van der Waals surface area contributed by atoms with E-state index in [2.05, 4.69) is 114 Å². The molecule has 0 atom stereocenters. The van der Waals surface area contributed by atoms with Gasteiger partial charge in [-0.15, -0.1) is 0 Å². The molecule has 250 valence electrons. The van der Waals surface area contributed by atoms with Gasteiger partial charge in [0.25, 0.3) is 5.69 Å². The van der Waals surface area contributed by atoms with E-state index in [-0.39, 0.29) is 10.6 Å². The fourth-order valence-electron chi connectivity index (χ4n) is 8.50. The summed E-state index contributed by atoms with van der Waals surface area (Å²) >= 11 is 0. The van der Waals surface area contributed by atoms with E-state index in [1.165, 1.54) is 0 Å². The molecule has 1 aliphatic carbocycles. The molecule has 1 aliphatic heterocycles. The molecule has 2 aliphatic rings. The molecule has 0 saturated heterocycles. The molecule has 0 saturated carbocycles. The number of nitro groups is 1. The lowest BCUT2D eigenvalue weighted by molar-refractivity contribution is -0.384. The van der Waals surface area contributed by atoms with Gasteiger partial charge in [-0.25, -0.2) is 9.97 Å². The van der Waals surface area contributed by atoms with Gasteiger partial charge < -0.3 is 0 Å². The van der Waals surface area contributed by atoms with E-state index in [1.807, 2.05) is 60.7 Å². The Morgan fingerprint density at radius 2 is 0.943 bits per heavy atom. The number of benzene rings is 7. The third-order valence-electron chi connectivity index (χ3n) is 10.6. The smallest absolute Gasteiger partial charge is 0.277 e. The van der Waals surface area contributed by atoms with Crippen molar-refractivity contribution < 1.29 is 4.92 Å². The molecule has 10 rings (SSSR count). The predicted octanol–water partition coefficient (Wildman–Crippen LogP) is 11.5. The van der Waals surface area contributed by atoms with Gasteiger partial charge in [0.1, 0.15) is 0 Å². The summed E-state index contributed by atoms with van der Waals surface area (Å²) in [6.45, 7) is 0. The minimum atomic E-state index is -0.728. The zero-order valence-electron chi connectivity index (χ0n) is 28.4. The van der Waals surface area contributed by atoms with Crippen molar-refractivity contribution in [3.05, 3.63) is 214 Å². The number of hydrogen-bond donors (Lipinski definition) is 0. The maximum atomic E-state index is 12.4. The van der Waals surface area contributed by atoms with Crippen LogP contribution in [-0.2, 0) is 5.41 Å². The first-order chi connectivity index (χ1) is 26.1. The zero-order chi connectivity index (χ0) is 35.5. The molecule has 0 fully saturated rings. The highest BCUT2D eigenvalue weighted by Crippen LogP contribution is 2.64. The van der Waals surface area contributed by atoms with Crippen molar-refractivity contribution in [3.63, 3.8) is 0 Å². The first-order valence-electron chi connectivity index (χ1n) is 17.6. The highest BCUT2D eigenvalue weighted by molar-refractivity contribution is 6.00. The Kier molecular flexibility index (Phi) is 6.91. The average molecular weight is 683 g/mol. The minimum absolute atomic E-state index is 0.0830. The van der Waals surface area contributed by atoms with E-state index in [1.54, 1.807) is 12.1 Å². The first-order valence-corrected chi connectivity index (χ1v) is 17.6. The van der Waals surface area contributed by atoms with Crippen LogP contribution in [0, 0.1) is 10.1 Å².